The second kappa shape index (κ2) is 7.61. The number of para-hydroxylation sites is 1. The van der Waals surface area contributed by atoms with E-state index in [1.807, 2.05) is 36.1 Å². The number of benzene rings is 1. The van der Waals surface area contributed by atoms with Crippen molar-refractivity contribution in [1.82, 2.24) is 14.9 Å². The number of halogens is 1. The van der Waals surface area contributed by atoms with E-state index in [1.54, 1.807) is 12.4 Å². The zero-order valence-electron chi connectivity index (χ0n) is 13.5. The van der Waals surface area contributed by atoms with Crippen LogP contribution in [-0.4, -0.2) is 53.6 Å². The van der Waals surface area contributed by atoms with Gasteiger partial charge in [-0.1, -0.05) is 18.2 Å². The Hall–Kier alpha value is -2.15. The van der Waals surface area contributed by atoms with Gasteiger partial charge in [-0.15, -0.1) is 0 Å². The Morgan fingerprint density at radius 3 is 2.50 bits per heavy atom. The molecular formula is C17H19BrN4O2. The van der Waals surface area contributed by atoms with Crippen LogP contribution in [0.25, 0.3) is 0 Å². The number of hydrogen-bond acceptors (Lipinski definition) is 5. The highest BCUT2D eigenvalue weighted by Crippen LogP contribution is 2.17. The molecule has 2 aromatic rings. The van der Waals surface area contributed by atoms with Crippen LogP contribution in [0.15, 0.2) is 41.1 Å². The molecule has 1 fully saturated rings. The lowest BCUT2D eigenvalue weighted by Gasteiger charge is -2.34. The van der Waals surface area contributed by atoms with Crippen molar-refractivity contribution in [2.45, 2.75) is 6.92 Å². The molecular weight excluding hydrogens is 372 g/mol. The fraction of sp³-hybridized carbons (Fsp3) is 0.353. The van der Waals surface area contributed by atoms with Gasteiger partial charge < -0.3 is 14.5 Å². The summed E-state index contributed by atoms with van der Waals surface area (Å²) in [5.74, 6) is 1.46. The second-order valence-electron chi connectivity index (χ2n) is 5.62. The summed E-state index contributed by atoms with van der Waals surface area (Å²) in [5.41, 5.74) is 1.03. The maximum atomic E-state index is 12.3. The number of nitrogens with zero attached hydrogens (tertiary/aromatic N) is 4. The number of rotatable bonds is 4. The summed E-state index contributed by atoms with van der Waals surface area (Å²) in [6.45, 7) is 4.77. The Labute approximate surface area is 149 Å². The van der Waals surface area contributed by atoms with Crippen molar-refractivity contribution in [3.8, 4) is 5.75 Å². The van der Waals surface area contributed by atoms with Gasteiger partial charge in [-0.3, -0.25) is 4.79 Å². The van der Waals surface area contributed by atoms with Crippen LogP contribution in [0.2, 0.25) is 0 Å². The number of carbonyl (C=O) groups excluding carboxylic acids is 1. The van der Waals surface area contributed by atoms with Crippen molar-refractivity contribution in [2.75, 3.05) is 37.7 Å². The molecule has 1 saturated heterocycles. The number of aromatic nitrogens is 2. The molecule has 1 aliphatic heterocycles. The maximum absolute atomic E-state index is 12.3. The summed E-state index contributed by atoms with van der Waals surface area (Å²) in [7, 11) is 0. The van der Waals surface area contributed by atoms with Crippen molar-refractivity contribution in [2.24, 2.45) is 0 Å². The van der Waals surface area contributed by atoms with Crippen molar-refractivity contribution >= 4 is 27.8 Å². The van der Waals surface area contributed by atoms with E-state index in [1.165, 1.54) is 0 Å². The van der Waals surface area contributed by atoms with Crippen LogP contribution < -0.4 is 9.64 Å². The van der Waals surface area contributed by atoms with E-state index in [9.17, 15) is 4.79 Å². The highest BCUT2D eigenvalue weighted by atomic mass is 79.9. The van der Waals surface area contributed by atoms with Gasteiger partial charge in [-0.2, -0.15) is 0 Å². The summed E-state index contributed by atoms with van der Waals surface area (Å²) in [6.07, 6.45) is 3.46. The summed E-state index contributed by atoms with van der Waals surface area (Å²) in [5, 5.41) is 0. The minimum absolute atomic E-state index is 0.00891. The number of hydrogen-bond donors (Lipinski definition) is 0. The monoisotopic (exact) mass is 390 g/mol. The first kappa shape index (κ1) is 16.7. The van der Waals surface area contributed by atoms with Crippen molar-refractivity contribution in [1.29, 1.82) is 0 Å². The summed E-state index contributed by atoms with van der Waals surface area (Å²) < 4.78 is 6.50. The molecule has 0 aliphatic carbocycles. The maximum Gasteiger partial charge on any atom is 0.260 e. The molecule has 0 radical (unpaired) electrons. The summed E-state index contributed by atoms with van der Waals surface area (Å²) >= 11 is 3.33. The lowest BCUT2D eigenvalue weighted by molar-refractivity contribution is -0.133. The molecule has 0 spiro atoms. The number of aryl methyl sites for hydroxylation is 1. The van der Waals surface area contributed by atoms with Gasteiger partial charge in [0.15, 0.2) is 6.61 Å². The Morgan fingerprint density at radius 1 is 1.17 bits per heavy atom. The predicted octanol–water partition coefficient (Wildman–Crippen LogP) is 2.28. The molecule has 126 valence electrons. The van der Waals surface area contributed by atoms with Crippen LogP contribution in [0.3, 0.4) is 0 Å². The van der Waals surface area contributed by atoms with E-state index in [-0.39, 0.29) is 12.5 Å². The molecule has 0 saturated carbocycles. The minimum atomic E-state index is 0.00891. The first-order valence-electron chi connectivity index (χ1n) is 7.82. The fourth-order valence-corrected chi connectivity index (χ4v) is 2.78. The predicted molar refractivity (Wildman–Crippen MR) is 95.2 cm³/mol. The van der Waals surface area contributed by atoms with E-state index in [0.29, 0.717) is 19.0 Å². The molecule has 1 aliphatic rings. The first-order valence-corrected chi connectivity index (χ1v) is 8.61. The van der Waals surface area contributed by atoms with Crippen molar-refractivity contribution < 1.29 is 9.53 Å². The second-order valence-corrected chi connectivity index (χ2v) is 6.54. The zero-order chi connectivity index (χ0) is 16.9. The molecule has 1 aromatic carbocycles. The minimum Gasteiger partial charge on any atom is -0.484 e. The van der Waals surface area contributed by atoms with Gasteiger partial charge in [0.1, 0.15) is 5.75 Å². The molecule has 0 N–H and O–H groups in total. The number of carbonyl (C=O) groups is 1. The molecule has 0 unspecified atom stereocenters. The average Bonchev–Trinajstić information content (AvgIpc) is 2.62. The lowest BCUT2D eigenvalue weighted by Crippen LogP contribution is -2.50. The average molecular weight is 391 g/mol. The number of amides is 1. The van der Waals surface area contributed by atoms with Crippen molar-refractivity contribution in [3.63, 3.8) is 0 Å². The van der Waals surface area contributed by atoms with Gasteiger partial charge in [0, 0.05) is 38.6 Å². The smallest absolute Gasteiger partial charge is 0.260 e. The number of ether oxygens (including phenoxy) is 1. The van der Waals surface area contributed by atoms with Gasteiger partial charge >= 0.3 is 0 Å². The van der Waals surface area contributed by atoms with Gasteiger partial charge in [0.2, 0.25) is 5.95 Å². The molecule has 3 rings (SSSR count). The first-order chi connectivity index (χ1) is 11.6. The Kier molecular flexibility index (Phi) is 5.30. The van der Waals surface area contributed by atoms with Crippen LogP contribution in [0.4, 0.5) is 5.95 Å². The normalized spacial score (nSPS) is 14.6. The molecule has 1 aromatic heterocycles. The highest BCUT2D eigenvalue weighted by molar-refractivity contribution is 9.10. The third kappa shape index (κ3) is 4.03. The Bertz CT molecular complexity index is 700. The molecule has 24 heavy (non-hydrogen) atoms. The lowest BCUT2D eigenvalue weighted by atomic mass is 10.2. The van der Waals surface area contributed by atoms with Crippen LogP contribution in [0.1, 0.15) is 5.56 Å². The van der Waals surface area contributed by atoms with E-state index < -0.39 is 0 Å². The van der Waals surface area contributed by atoms with Gasteiger partial charge in [0.05, 0.1) is 4.47 Å². The van der Waals surface area contributed by atoms with E-state index in [4.69, 9.17) is 4.74 Å². The molecule has 2 heterocycles. The quantitative estimate of drug-likeness (QED) is 0.801. The van der Waals surface area contributed by atoms with Crippen LogP contribution >= 0.6 is 15.9 Å². The zero-order valence-corrected chi connectivity index (χ0v) is 15.1. The van der Waals surface area contributed by atoms with Gasteiger partial charge in [-0.05, 0) is 34.5 Å². The van der Waals surface area contributed by atoms with E-state index in [2.05, 4.69) is 30.8 Å². The van der Waals surface area contributed by atoms with Gasteiger partial charge in [0.25, 0.3) is 5.91 Å². The number of anilines is 1. The third-order valence-corrected chi connectivity index (χ3v) is 4.38. The molecule has 1 amide bonds. The Morgan fingerprint density at radius 2 is 1.83 bits per heavy atom. The molecule has 0 atom stereocenters. The Balaban J connectivity index is 1.50. The van der Waals surface area contributed by atoms with E-state index in [0.717, 1.165) is 28.9 Å². The molecule has 6 nitrogen and oxygen atoms in total. The van der Waals surface area contributed by atoms with Crippen LogP contribution in [0.5, 0.6) is 5.75 Å². The molecule has 7 heteroatoms. The van der Waals surface area contributed by atoms with Crippen LogP contribution in [0, 0.1) is 6.92 Å². The highest BCUT2D eigenvalue weighted by Gasteiger charge is 2.22. The summed E-state index contributed by atoms with van der Waals surface area (Å²) in [4.78, 5) is 24.8. The van der Waals surface area contributed by atoms with E-state index >= 15 is 0 Å². The SMILES string of the molecule is Cc1ccccc1OCC(=O)N1CCN(c2ncc(Br)cn2)CC1. The van der Waals surface area contributed by atoms with Crippen LogP contribution in [-0.2, 0) is 4.79 Å². The van der Waals surface area contributed by atoms with Crippen molar-refractivity contribution in [3.05, 3.63) is 46.7 Å². The number of piperazine rings is 1. The third-order valence-electron chi connectivity index (χ3n) is 3.97. The largest absolute Gasteiger partial charge is 0.484 e. The topological polar surface area (TPSA) is 58.6 Å². The fourth-order valence-electron chi connectivity index (χ4n) is 2.57. The summed E-state index contributed by atoms with van der Waals surface area (Å²) in [6, 6.07) is 7.71. The van der Waals surface area contributed by atoms with Gasteiger partial charge in [-0.25, -0.2) is 9.97 Å². The standard InChI is InChI=1S/C17H19BrN4O2/c1-13-4-2-3-5-15(13)24-12-16(23)21-6-8-22(9-7-21)17-19-10-14(18)11-20-17/h2-5,10-11H,6-9,12H2,1H3. The molecule has 0 bridgehead atoms.